The molecule has 4 aromatic rings. The number of nitrogens with one attached hydrogen (secondary N) is 1. The van der Waals surface area contributed by atoms with Gasteiger partial charge in [-0.05, 0) is 68.4 Å². The Morgan fingerprint density at radius 3 is 2.31 bits per heavy atom. The minimum absolute atomic E-state index is 0.0145. The Balaban J connectivity index is 1.57. The van der Waals surface area contributed by atoms with E-state index in [1.807, 2.05) is 30.5 Å². The molecule has 0 aliphatic heterocycles. The monoisotopic (exact) mass is 622 g/mol. The van der Waals surface area contributed by atoms with Crippen LogP contribution in [0.5, 0.6) is 0 Å². The fourth-order valence-electron chi connectivity index (χ4n) is 3.97. The Labute approximate surface area is 246 Å². The number of benzene rings is 3. The Bertz CT molecular complexity index is 1670. The van der Waals surface area contributed by atoms with Crippen molar-refractivity contribution in [3.8, 4) is 5.69 Å². The molecule has 1 heterocycles. The molecule has 0 aliphatic rings. The topological polar surface area (TPSA) is 83.8 Å². The van der Waals surface area contributed by atoms with Crippen LogP contribution in [-0.4, -0.2) is 31.7 Å². The zero-order chi connectivity index (χ0) is 28.3. The van der Waals surface area contributed by atoms with E-state index >= 15 is 0 Å². The third kappa shape index (κ3) is 6.42. The number of hydrogen-bond donors (Lipinski definition) is 1. The van der Waals surface area contributed by atoms with Crippen LogP contribution in [0.2, 0.25) is 20.1 Å². The van der Waals surface area contributed by atoms with Crippen molar-refractivity contribution in [3.05, 3.63) is 110 Å². The van der Waals surface area contributed by atoms with Gasteiger partial charge < -0.3 is 4.57 Å². The molecule has 39 heavy (non-hydrogen) atoms. The van der Waals surface area contributed by atoms with E-state index in [0.29, 0.717) is 10.0 Å². The van der Waals surface area contributed by atoms with E-state index in [9.17, 15) is 13.2 Å². The molecule has 1 N–H and O–H groups in total. The summed E-state index contributed by atoms with van der Waals surface area (Å²) in [4.78, 5) is 12.9. The van der Waals surface area contributed by atoms with E-state index in [4.69, 9.17) is 46.4 Å². The lowest BCUT2D eigenvalue weighted by atomic mass is 10.2. The van der Waals surface area contributed by atoms with Crippen molar-refractivity contribution in [3.63, 3.8) is 0 Å². The number of amides is 1. The standard InChI is InChI=1S/C27H22Cl4N4O3S/c1-17-12-19(18(2)35(17)26-11-8-20(28)13-25(26)31)15-32-33-27(36)16-34(21-9-10-23(29)24(30)14-21)39(37,38)22-6-4-3-5-7-22/h3-15H,16H2,1-2H3,(H,33,36)/b32-15+. The van der Waals surface area contributed by atoms with E-state index < -0.39 is 22.5 Å². The Morgan fingerprint density at radius 1 is 0.923 bits per heavy atom. The lowest BCUT2D eigenvalue weighted by Gasteiger charge is -2.24. The van der Waals surface area contributed by atoms with Gasteiger partial charge in [-0.1, -0.05) is 64.6 Å². The van der Waals surface area contributed by atoms with Gasteiger partial charge in [0.1, 0.15) is 6.54 Å². The highest BCUT2D eigenvalue weighted by molar-refractivity contribution is 7.92. The number of nitrogens with zero attached hydrogens (tertiary/aromatic N) is 3. The molecule has 0 saturated heterocycles. The third-order valence-electron chi connectivity index (χ3n) is 5.82. The maximum atomic E-state index is 13.4. The van der Waals surface area contributed by atoms with Gasteiger partial charge in [0.2, 0.25) is 0 Å². The summed E-state index contributed by atoms with van der Waals surface area (Å²) >= 11 is 24.6. The van der Waals surface area contributed by atoms with Crippen LogP contribution in [0.25, 0.3) is 5.69 Å². The molecular weight excluding hydrogens is 602 g/mol. The van der Waals surface area contributed by atoms with Crippen LogP contribution in [0.15, 0.2) is 82.8 Å². The van der Waals surface area contributed by atoms with Crippen LogP contribution in [0.1, 0.15) is 17.0 Å². The largest absolute Gasteiger partial charge is 0.316 e. The minimum Gasteiger partial charge on any atom is -0.316 e. The molecule has 1 amide bonds. The highest BCUT2D eigenvalue weighted by Crippen LogP contribution is 2.31. The van der Waals surface area contributed by atoms with Gasteiger partial charge in [0.15, 0.2) is 0 Å². The lowest BCUT2D eigenvalue weighted by Crippen LogP contribution is -2.39. The van der Waals surface area contributed by atoms with Crippen molar-refractivity contribution in [2.75, 3.05) is 10.8 Å². The molecule has 0 fully saturated rings. The first-order chi connectivity index (χ1) is 18.5. The number of aromatic nitrogens is 1. The van der Waals surface area contributed by atoms with E-state index in [1.165, 1.54) is 36.5 Å². The van der Waals surface area contributed by atoms with Crippen molar-refractivity contribution >= 4 is 74.2 Å². The molecule has 202 valence electrons. The normalized spacial score (nSPS) is 11.6. The number of hydrazone groups is 1. The molecule has 0 atom stereocenters. The molecule has 4 rings (SSSR count). The van der Waals surface area contributed by atoms with E-state index in [0.717, 1.165) is 26.9 Å². The molecule has 12 heteroatoms. The fraction of sp³-hybridized carbons (Fsp3) is 0.111. The Hall–Kier alpha value is -3.01. The molecule has 0 unspecified atom stereocenters. The molecule has 0 aliphatic carbocycles. The first-order valence-electron chi connectivity index (χ1n) is 11.5. The van der Waals surface area contributed by atoms with Crippen molar-refractivity contribution in [2.24, 2.45) is 5.10 Å². The zero-order valence-electron chi connectivity index (χ0n) is 20.7. The molecule has 0 saturated carbocycles. The molecule has 0 spiro atoms. The average Bonchev–Trinajstić information content (AvgIpc) is 3.17. The van der Waals surface area contributed by atoms with Crippen LogP contribution >= 0.6 is 46.4 Å². The number of rotatable bonds is 8. The second-order valence-electron chi connectivity index (χ2n) is 8.47. The number of aryl methyl sites for hydroxylation is 1. The maximum Gasteiger partial charge on any atom is 0.264 e. The zero-order valence-corrected chi connectivity index (χ0v) is 24.5. The van der Waals surface area contributed by atoms with E-state index in [-0.39, 0.29) is 20.6 Å². The lowest BCUT2D eigenvalue weighted by molar-refractivity contribution is -0.119. The summed E-state index contributed by atoms with van der Waals surface area (Å²) in [7, 11) is -4.11. The number of carbonyl (C=O) groups excluding carboxylic acids is 1. The molecule has 1 aromatic heterocycles. The SMILES string of the molecule is Cc1cc(/C=N/NC(=O)CN(c2ccc(Cl)c(Cl)c2)S(=O)(=O)c2ccccc2)c(C)n1-c1ccc(Cl)cc1Cl. The van der Waals surface area contributed by atoms with Gasteiger partial charge in [-0.15, -0.1) is 0 Å². The second kappa shape index (κ2) is 12.0. The molecule has 0 radical (unpaired) electrons. The minimum atomic E-state index is -4.11. The smallest absolute Gasteiger partial charge is 0.264 e. The summed E-state index contributed by atoms with van der Waals surface area (Å²) in [5.74, 6) is -0.661. The first kappa shape index (κ1) is 29.0. The highest BCUT2D eigenvalue weighted by atomic mass is 35.5. The number of carbonyl (C=O) groups is 1. The van der Waals surface area contributed by atoms with Crippen LogP contribution in [0.3, 0.4) is 0 Å². The van der Waals surface area contributed by atoms with Crippen molar-refractivity contribution in [1.82, 2.24) is 9.99 Å². The van der Waals surface area contributed by atoms with Crippen LogP contribution in [0, 0.1) is 13.8 Å². The first-order valence-corrected chi connectivity index (χ1v) is 14.4. The number of hydrogen-bond acceptors (Lipinski definition) is 4. The van der Waals surface area contributed by atoms with Crippen molar-refractivity contribution in [1.29, 1.82) is 0 Å². The average molecular weight is 624 g/mol. The summed E-state index contributed by atoms with van der Waals surface area (Å²) in [5.41, 5.74) is 5.80. The third-order valence-corrected chi connectivity index (χ3v) is 8.89. The maximum absolute atomic E-state index is 13.4. The van der Waals surface area contributed by atoms with Gasteiger partial charge in [-0.25, -0.2) is 13.8 Å². The predicted octanol–water partition coefficient (Wildman–Crippen LogP) is 7.05. The molecular formula is C27H22Cl4N4O3S. The Kier molecular flexibility index (Phi) is 8.93. The molecule has 3 aromatic carbocycles. The molecule has 0 bridgehead atoms. The van der Waals surface area contributed by atoms with Gasteiger partial charge >= 0.3 is 0 Å². The summed E-state index contributed by atoms with van der Waals surface area (Å²) in [6.45, 7) is 3.25. The predicted molar refractivity (Wildman–Crippen MR) is 158 cm³/mol. The quantitative estimate of drug-likeness (QED) is 0.169. The van der Waals surface area contributed by atoms with Gasteiger partial charge in [-0.3, -0.25) is 9.10 Å². The number of halogens is 4. The van der Waals surface area contributed by atoms with E-state index in [2.05, 4.69) is 10.5 Å². The summed E-state index contributed by atoms with van der Waals surface area (Å²) in [5, 5.41) is 5.48. The van der Waals surface area contributed by atoms with Gasteiger partial charge in [-0.2, -0.15) is 5.10 Å². The Morgan fingerprint density at radius 2 is 1.64 bits per heavy atom. The molecule has 7 nitrogen and oxygen atoms in total. The second-order valence-corrected chi connectivity index (χ2v) is 12.0. The number of sulfonamides is 1. The number of anilines is 1. The van der Waals surface area contributed by atoms with Crippen LogP contribution in [0.4, 0.5) is 5.69 Å². The summed E-state index contributed by atoms with van der Waals surface area (Å²) in [6, 6.07) is 19.2. The summed E-state index contributed by atoms with van der Waals surface area (Å²) in [6.07, 6.45) is 1.48. The van der Waals surface area contributed by atoms with Gasteiger partial charge in [0.25, 0.3) is 15.9 Å². The fourth-order valence-corrected chi connectivity index (χ4v) is 6.19. The van der Waals surface area contributed by atoms with E-state index in [1.54, 1.807) is 30.3 Å². The summed E-state index contributed by atoms with van der Waals surface area (Å²) < 4.78 is 29.8. The van der Waals surface area contributed by atoms with Crippen LogP contribution in [-0.2, 0) is 14.8 Å². The highest BCUT2D eigenvalue weighted by Gasteiger charge is 2.27. The van der Waals surface area contributed by atoms with Crippen molar-refractivity contribution in [2.45, 2.75) is 18.7 Å². The van der Waals surface area contributed by atoms with Crippen LogP contribution < -0.4 is 9.73 Å². The van der Waals surface area contributed by atoms with Gasteiger partial charge in [0, 0.05) is 22.0 Å². The van der Waals surface area contributed by atoms with Gasteiger partial charge in [0.05, 0.1) is 37.6 Å². The van der Waals surface area contributed by atoms with Crippen molar-refractivity contribution < 1.29 is 13.2 Å².